The lowest BCUT2D eigenvalue weighted by Crippen LogP contribution is -1.88. The Labute approximate surface area is 102 Å². The number of nitrogens with zero attached hydrogens (tertiary/aromatic N) is 3. The molecule has 1 aromatic carbocycles. The van der Waals surface area contributed by atoms with Gasteiger partial charge in [0.05, 0.1) is 11.1 Å². The lowest BCUT2D eigenvalue weighted by Gasteiger charge is -2.03. The van der Waals surface area contributed by atoms with Gasteiger partial charge < -0.3 is 4.42 Å². The molecule has 0 N–H and O–H groups in total. The van der Waals surface area contributed by atoms with Crippen LogP contribution in [0.15, 0.2) is 34.7 Å². The number of para-hydroxylation sites is 1. The van der Waals surface area contributed by atoms with Crippen molar-refractivity contribution in [3.05, 3.63) is 41.4 Å². The van der Waals surface area contributed by atoms with Crippen molar-refractivity contribution in [1.29, 1.82) is 0 Å². The molecule has 0 fully saturated rings. The number of aromatic nitrogens is 3. The highest BCUT2D eigenvalue weighted by atomic mass is 35.5. The molecule has 3 aromatic rings. The third kappa shape index (κ3) is 1.76. The molecule has 2 heterocycles. The summed E-state index contributed by atoms with van der Waals surface area (Å²) in [4.78, 5) is 4.45. The van der Waals surface area contributed by atoms with Crippen LogP contribution in [0.1, 0.15) is 5.69 Å². The Morgan fingerprint density at radius 1 is 1.18 bits per heavy atom. The fourth-order valence-corrected chi connectivity index (χ4v) is 1.91. The highest BCUT2D eigenvalue weighted by Gasteiger charge is 2.11. The van der Waals surface area contributed by atoms with Gasteiger partial charge in [0.15, 0.2) is 0 Å². The van der Waals surface area contributed by atoms with Crippen LogP contribution >= 0.6 is 11.6 Å². The topological polar surface area (TPSA) is 51.8 Å². The molecular formula is C12H8ClN3O. The number of pyridine rings is 1. The van der Waals surface area contributed by atoms with Crippen LogP contribution in [0.2, 0.25) is 5.35 Å². The van der Waals surface area contributed by atoms with E-state index < -0.39 is 0 Å². The molecule has 0 unspecified atom stereocenters. The first-order valence-corrected chi connectivity index (χ1v) is 5.47. The van der Waals surface area contributed by atoms with Crippen LogP contribution in [0.3, 0.4) is 0 Å². The van der Waals surface area contributed by atoms with Crippen LogP contribution in [-0.2, 0) is 0 Å². The summed E-state index contributed by atoms with van der Waals surface area (Å²) in [6, 6.07) is 9.71. The average molecular weight is 246 g/mol. The summed E-state index contributed by atoms with van der Waals surface area (Å²) in [5, 5.41) is 8.57. The molecule has 0 aliphatic heterocycles. The number of hydrogen-bond donors (Lipinski definition) is 0. The quantitative estimate of drug-likeness (QED) is 0.660. The van der Waals surface area contributed by atoms with E-state index in [0.29, 0.717) is 5.89 Å². The summed E-state index contributed by atoms with van der Waals surface area (Å²) >= 11 is 5.65. The minimum atomic E-state index is 0.0403. The van der Waals surface area contributed by atoms with Crippen molar-refractivity contribution >= 4 is 22.5 Å². The number of hydrogen-bond acceptors (Lipinski definition) is 4. The zero-order valence-electron chi connectivity index (χ0n) is 9.01. The second kappa shape index (κ2) is 3.82. The SMILES string of the molecule is Cc1cc(-c2nnc(Cl)o2)c2ccccc2n1. The molecule has 0 aliphatic rings. The number of aryl methyl sites for hydroxylation is 1. The molecule has 0 amide bonds. The highest BCUT2D eigenvalue weighted by Crippen LogP contribution is 2.28. The third-order valence-electron chi connectivity index (χ3n) is 2.47. The summed E-state index contributed by atoms with van der Waals surface area (Å²) in [5.41, 5.74) is 2.65. The first-order chi connectivity index (χ1) is 8.24. The molecule has 4 nitrogen and oxygen atoms in total. The normalized spacial score (nSPS) is 10.9. The van der Waals surface area contributed by atoms with Crippen molar-refractivity contribution in [2.24, 2.45) is 0 Å². The largest absolute Gasteiger partial charge is 0.407 e. The van der Waals surface area contributed by atoms with Gasteiger partial charge in [-0.2, -0.15) is 0 Å². The van der Waals surface area contributed by atoms with E-state index in [1.807, 2.05) is 37.3 Å². The predicted octanol–water partition coefficient (Wildman–Crippen LogP) is 3.25. The number of fused-ring (bicyclic) bond motifs is 1. The molecule has 84 valence electrons. The van der Waals surface area contributed by atoms with Crippen LogP contribution in [0, 0.1) is 6.92 Å². The molecule has 0 aliphatic carbocycles. The monoisotopic (exact) mass is 245 g/mol. The third-order valence-corrected chi connectivity index (χ3v) is 2.63. The fraction of sp³-hybridized carbons (Fsp3) is 0.0833. The van der Waals surface area contributed by atoms with E-state index in [1.165, 1.54) is 0 Å². The Bertz CT molecular complexity index is 693. The van der Waals surface area contributed by atoms with E-state index in [4.69, 9.17) is 16.0 Å². The van der Waals surface area contributed by atoms with Crippen LogP contribution < -0.4 is 0 Å². The summed E-state index contributed by atoms with van der Waals surface area (Å²) < 4.78 is 5.25. The Kier molecular flexibility index (Phi) is 2.30. The molecule has 0 spiro atoms. The molecule has 2 aromatic heterocycles. The Balaban J connectivity index is 2.35. The maximum Gasteiger partial charge on any atom is 0.313 e. The second-order valence-corrected chi connectivity index (χ2v) is 4.01. The fourth-order valence-electron chi connectivity index (χ4n) is 1.80. The second-order valence-electron chi connectivity index (χ2n) is 3.69. The van der Waals surface area contributed by atoms with Crippen molar-refractivity contribution in [3.8, 4) is 11.5 Å². The smallest absolute Gasteiger partial charge is 0.313 e. The van der Waals surface area contributed by atoms with Gasteiger partial charge in [0, 0.05) is 11.1 Å². The molecule has 5 heteroatoms. The molecule has 0 bridgehead atoms. The maximum absolute atomic E-state index is 5.65. The number of rotatable bonds is 1. The van der Waals surface area contributed by atoms with Gasteiger partial charge >= 0.3 is 5.35 Å². The molecule has 0 saturated heterocycles. The molecule has 17 heavy (non-hydrogen) atoms. The summed E-state index contributed by atoms with van der Waals surface area (Å²) in [7, 11) is 0. The number of benzene rings is 1. The number of halogens is 1. The molecular weight excluding hydrogens is 238 g/mol. The van der Waals surface area contributed by atoms with E-state index in [1.54, 1.807) is 0 Å². The maximum atomic E-state index is 5.65. The van der Waals surface area contributed by atoms with E-state index in [-0.39, 0.29) is 5.35 Å². The summed E-state index contributed by atoms with van der Waals surface area (Å²) in [5.74, 6) is 0.414. The zero-order chi connectivity index (χ0) is 11.8. The van der Waals surface area contributed by atoms with Crippen molar-refractivity contribution in [3.63, 3.8) is 0 Å². The summed E-state index contributed by atoms with van der Waals surface area (Å²) in [6.07, 6.45) is 0. The lowest BCUT2D eigenvalue weighted by molar-refractivity contribution is 0.571. The Hall–Kier alpha value is -1.94. The van der Waals surface area contributed by atoms with Crippen molar-refractivity contribution in [1.82, 2.24) is 15.2 Å². The molecule has 0 radical (unpaired) electrons. The first kappa shape index (κ1) is 10.2. The predicted molar refractivity (Wildman–Crippen MR) is 64.8 cm³/mol. The van der Waals surface area contributed by atoms with E-state index in [0.717, 1.165) is 22.2 Å². The van der Waals surface area contributed by atoms with Gasteiger partial charge in [-0.15, -0.1) is 5.10 Å². The Morgan fingerprint density at radius 2 is 2.00 bits per heavy atom. The van der Waals surface area contributed by atoms with Gasteiger partial charge in [0.25, 0.3) is 0 Å². The van der Waals surface area contributed by atoms with Crippen LogP contribution in [-0.4, -0.2) is 15.2 Å². The minimum Gasteiger partial charge on any atom is -0.407 e. The lowest BCUT2D eigenvalue weighted by atomic mass is 10.1. The van der Waals surface area contributed by atoms with Crippen LogP contribution in [0.5, 0.6) is 0 Å². The van der Waals surface area contributed by atoms with Gasteiger partial charge in [0.2, 0.25) is 5.89 Å². The molecule has 0 atom stereocenters. The van der Waals surface area contributed by atoms with E-state index in [2.05, 4.69) is 15.2 Å². The minimum absolute atomic E-state index is 0.0403. The van der Waals surface area contributed by atoms with Gasteiger partial charge in [-0.05, 0) is 30.7 Å². The van der Waals surface area contributed by atoms with E-state index in [9.17, 15) is 0 Å². The van der Waals surface area contributed by atoms with E-state index >= 15 is 0 Å². The summed E-state index contributed by atoms with van der Waals surface area (Å²) in [6.45, 7) is 1.92. The van der Waals surface area contributed by atoms with Gasteiger partial charge in [-0.1, -0.05) is 23.3 Å². The molecule has 3 rings (SSSR count). The van der Waals surface area contributed by atoms with Gasteiger partial charge in [-0.25, -0.2) is 0 Å². The average Bonchev–Trinajstić information content (AvgIpc) is 2.74. The van der Waals surface area contributed by atoms with Crippen molar-refractivity contribution < 1.29 is 4.42 Å². The van der Waals surface area contributed by atoms with Crippen LogP contribution in [0.25, 0.3) is 22.4 Å². The first-order valence-electron chi connectivity index (χ1n) is 5.10. The van der Waals surface area contributed by atoms with Gasteiger partial charge in [0.1, 0.15) is 0 Å². The van der Waals surface area contributed by atoms with Crippen molar-refractivity contribution in [2.75, 3.05) is 0 Å². The van der Waals surface area contributed by atoms with Crippen molar-refractivity contribution in [2.45, 2.75) is 6.92 Å². The highest BCUT2D eigenvalue weighted by molar-refractivity contribution is 6.27. The Morgan fingerprint density at radius 3 is 2.76 bits per heavy atom. The van der Waals surface area contributed by atoms with Crippen LogP contribution in [0.4, 0.5) is 0 Å². The standard InChI is InChI=1S/C12H8ClN3O/c1-7-6-9(11-15-16-12(13)17-11)8-4-2-3-5-10(8)14-7/h2-6H,1H3. The zero-order valence-corrected chi connectivity index (χ0v) is 9.77. The molecule has 0 saturated carbocycles. The van der Waals surface area contributed by atoms with Gasteiger partial charge in [-0.3, -0.25) is 4.98 Å².